The molecular formula is C37H34IrN2O-2. The smallest absolute Gasteiger partial charge is 0.135 e. The average Bonchev–Trinajstić information content (AvgIpc) is 3.39. The molecule has 3 aromatic heterocycles. The number of aromatic nitrogens is 2. The molecule has 0 amide bonds. The maximum absolute atomic E-state index is 6.06. The monoisotopic (exact) mass is 715 g/mol. The van der Waals surface area contributed by atoms with Crippen molar-refractivity contribution in [2.24, 2.45) is 5.41 Å². The van der Waals surface area contributed by atoms with Crippen molar-refractivity contribution in [3.05, 3.63) is 121 Å². The van der Waals surface area contributed by atoms with Crippen molar-refractivity contribution in [2.45, 2.75) is 52.4 Å². The Balaban J connectivity index is 0.000000218. The summed E-state index contributed by atoms with van der Waals surface area (Å²) in [5, 5.41) is 2.17. The molecule has 7 rings (SSSR count). The topological polar surface area (TPSA) is 38.9 Å². The van der Waals surface area contributed by atoms with Crippen LogP contribution in [0.5, 0.6) is 0 Å². The van der Waals surface area contributed by atoms with Crippen molar-refractivity contribution < 1.29 is 24.5 Å². The third-order valence-electron chi connectivity index (χ3n) is 9.61. The van der Waals surface area contributed by atoms with Gasteiger partial charge in [0.25, 0.3) is 0 Å². The summed E-state index contributed by atoms with van der Waals surface area (Å²) in [4.78, 5) is 8.97. The second-order valence-electron chi connectivity index (χ2n) is 12.2. The molecule has 0 atom stereocenters. The summed E-state index contributed by atoms with van der Waals surface area (Å²) in [6, 6.07) is 35.0. The van der Waals surface area contributed by atoms with Gasteiger partial charge in [0, 0.05) is 43.3 Å². The average molecular weight is 715 g/mol. The van der Waals surface area contributed by atoms with E-state index in [4.69, 9.17) is 9.40 Å². The van der Waals surface area contributed by atoms with E-state index in [1.54, 1.807) is 6.20 Å². The van der Waals surface area contributed by atoms with Crippen LogP contribution < -0.4 is 0 Å². The Hall–Kier alpha value is -3.59. The van der Waals surface area contributed by atoms with Crippen molar-refractivity contribution in [3.8, 4) is 22.5 Å². The summed E-state index contributed by atoms with van der Waals surface area (Å²) >= 11 is 0. The second kappa shape index (κ2) is 10.7. The second-order valence-corrected chi connectivity index (χ2v) is 12.2. The molecule has 1 aliphatic carbocycles. The van der Waals surface area contributed by atoms with E-state index in [0.29, 0.717) is 0 Å². The molecule has 0 N–H and O–H groups in total. The number of nitrogens with zero attached hydrogens (tertiary/aromatic N) is 2. The van der Waals surface area contributed by atoms with Gasteiger partial charge in [-0.3, -0.25) is 0 Å². The number of furan rings is 1. The minimum absolute atomic E-state index is 0. The molecule has 0 saturated carbocycles. The molecule has 0 saturated heterocycles. The molecule has 0 spiro atoms. The van der Waals surface area contributed by atoms with Crippen molar-refractivity contribution in [1.29, 1.82) is 0 Å². The normalized spacial score (nSPS) is 16.0. The predicted molar refractivity (Wildman–Crippen MR) is 164 cm³/mol. The fourth-order valence-corrected chi connectivity index (χ4v) is 5.97. The first kappa shape index (κ1) is 28.9. The Morgan fingerprint density at radius 2 is 1.37 bits per heavy atom. The summed E-state index contributed by atoms with van der Waals surface area (Å²) in [5.74, 6) is 0. The SMILES string of the molecule is CC1(C)c2c[c-]c(-c3cc4oc5ccccc5c4cn3)cc2C(C)(C)C1(C)C.[Ir].[c-]1ccccc1-c1ccccn1. The van der Waals surface area contributed by atoms with E-state index >= 15 is 0 Å². The molecule has 0 fully saturated rings. The summed E-state index contributed by atoms with van der Waals surface area (Å²) < 4.78 is 6.06. The molecule has 0 aliphatic heterocycles. The van der Waals surface area contributed by atoms with Crippen LogP contribution in [0.3, 0.4) is 0 Å². The standard InChI is InChI=1S/C26H26NO.C11H8N.Ir/c1-24(2)19-12-11-16(13-20(19)25(3,4)26(24,5)6)21-14-23-18(15-27-21)17-9-7-8-10-22(17)28-23;1-2-6-10(7-3-1)11-8-4-5-9-12-11;/h7-10,12-15H,1-6H3;1-6,8-9H;/q2*-1;. The van der Waals surface area contributed by atoms with Crippen molar-refractivity contribution in [2.75, 3.05) is 0 Å². The molecule has 1 aliphatic rings. The van der Waals surface area contributed by atoms with Gasteiger partial charge in [0.15, 0.2) is 0 Å². The predicted octanol–water partition coefficient (Wildman–Crippen LogP) is 9.59. The van der Waals surface area contributed by atoms with Crippen LogP contribution in [0, 0.1) is 17.5 Å². The maximum Gasteiger partial charge on any atom is 0.135 e. The molecule has 1 radical (unpaired) electrons. The van der Waals surface area contributed by atoms with E-state index in [1.165, 1.54) is 11.1 Å². The van der Waals surface area contributed by atoms with E-state index in [9.17, 15) is 0 Å². The number of rotatable bonds is 2. The van der Waals surface area contributed by atoms with E-state index in [2.05, 4.69) is 76.9 Å². The first-order chi connectivity index (χ1) is 19.1. The summed E-state index contributed by atoms with van der Waals surface area (Å²) in [5.41, 5.74) is 8.84. The van der Waals surface area contributed by atoms with Crippen LogP contribution in [0.4, 0.5) is 0 Å². The van der Waals surface area contributed by atoms with E-state index in [1.807, 2.05) is 72.9 Å². The Morgan fingerprint density at radius 3 is 2.10 bits per heavy atom. The number of pyridine rings is 2. The van der Waals surface area contributed by atoms with Gasteiger partial charge in [0.2, 0.25) is 0 Å². The number of hydrogen-bond donors (Lipinski definition) is 0. The number of hydrogen-bond acceptors (Lipinski definition) is 3. The van der Waals surface area contributed by atoms with Gasteiger partial charge in [-0.15, -0.1) is 70.8 Å². The van der Waals surface area contributed by atoms with Crippen LogP contribution in [0.15, 0.2) is 102 Å². The molecule has 0 unspecified atom stereocenters. The summed E-state index contributed by atoms with van der Waals surface area (Å²) in [6.45, 7) is 14.2. The van der Waals surface area contributed by atoms with Gasteiger partial charge in [0.05, 0.1) is 0 Å². The van der Waals surface area contributed by atoms with Crippen LogP contribution in [-0.2, 0) is 30.9 Å². The zero-order valence-corrected chi connectivity index (χ0v) is 26.8. The van der Waals surface area contributed by atoms with Crippen LogP contribution in [0.25, 0.3) is 44.5 Å². The molecule has 209 valence electrons. The minimum Gasteiger partial charge on any atom is -0.457 e. The summed E-state index contributed by atoms with van der Waals surface area (Å²) in [6.07, 6.45) is 3.72. The molecule has 6 aromatic rings. The van der Waals surface area contributed by atoms with E-state index in [0.717, 1.165) is 44.5 Å². The Labute approximate surface area is 256 Å². The Morgan fingerprint density at radius 1 is 0.634 bits per heavy atom. The van der Waals surface area contributed by atoms with Crippen molar-refractivity contribution in [3.63, 3.8) is 0 Å². The third-order valence-corrected chi connectivity index (χ3v) is 9.61. The Bertz CT molecular complexity index is 1780. The fourth-order valence-electron chi connectivity index (χ4n) is 5.97. The van der Waals surface area contributed by atoms with Crippen LogP contribution in [-0.4, -0.2) is 9.97 Å². The van der Waals surface area contributed by atoms with Gasteiger partial charge in [-0.25, -0.2) is 0 Å². The van der Waals surface area contributed by atoms with Crippen molar-refractivity contribution in [1.82, 2.24) is 9.97 Å². The quantitative estimate of drug-likeness (QED) is 0.168. The summed E-state index contributed by atoms with van der Waals surface area (Å²) in [7, 11) is 0. The van der Waals surface area contributed by atoms with Crippen molar-refractivity contribution >= 4 is 21.9 Å². The van der Waals surface area contributed by atoms with Crippen LogP contribution >= 0.6 is 0 Å². The third kappa shape index (κ3) is 4.74. The van der Waals surface area contributed by atoms with Gasteiger partial charge in [-0.05, 0) is 45.8 Å². The molecule has 3 aromatic carbocycles. The maximum atomic E-state index is 6.06. The zero-order chi connectivity index (χ0) is 28.1. The molecule has 3 heterocycles. The first-order valence-electron chi connectivity index (χ1n) is 13.8. The first-order valence-corrected chi connectivity index (χ1v) is 13.8. The van der Waals surface area contributed by atoms with E-state index < -0.39 is 0 Å². The van der Waals surface area contributed by atoms with Gasteiger partial charge in [-0.1, -0.05) is 71.9 Å². The largest absolute Gasteiger partial charge is 0.457 e. The minimum atomic E-state index is 0. The Kier molecular flexibility index (Phi) is 7.53. The molecule has 0 bridgehead atoms. The molecular weight excluding hydrogens is 681 g/mol. The van der Waals surface area contributed by atoms with Gasteiger partial charge < -0.3 is 14.4 Å². The van der Waals surface area contributed by atoms with Gasteiger partial charge >= 0.3 is 0 Å². The number of fused-ring (bicyclic) bond motifs is 4. The van der Waals surface area contributed by atoms with Crippen LogP contribution in [0.1, 0.15) is 52.7 Å². The van der Waals surface area contributed by atoms with Gasteiger partial charge in [-0.2, -0.15) is 0 Å². The molecule has 41 heavy (non-hydrogen) atoms. The van der Waals surface area contributed by atoms with E-state index in [-0.39, 0.29) is 36.4 Å². The molecule has 3 nitrogen and oxygen atoms in total. The van der Waals surface area contributed by atoms with Crippen LogP contribution in [0.2, 0.25) is 0 Å². The fraction of sp³-hybridized carbons (Fsp3) is 0.243. The number of para-hydroxylation sites is 1. The number of benzene rings is 3. The van der Waals surface area contributed by atoms with Gasteiger partial charge in [0.1, 0.15) is 11.2 Å². The molecule has 4 heteroatoms. The zero-order valence-electron chi connectivity index (χ0n) is 24.4.